The van der Waals surface area contributed by atoms with Gasteiger partial charge in [-0.05, 0) is 31.4 Å². The third kappa shape index (κ3) is 5.37. The van der Waals surface area contributed by atoms with Gasteiger partial charge in [-0.3, -0.25) is 4.79 Å². The van der Waals surface area contributed by atoms with Crippen molar-refractivity contribution < 1.29 is 23.9 Å². The zero-order chi connectivity index (χ0) is 18.3. The predicted octanol–water partition coefficient (Wildman–Crippen LogP) is 2.16. The fourth-order valence-electron chi connectivity index (χ4n) is 2.18. The number of rotatable bonds is 7. The lowest BCUT2D eigenvalue weighted by atomic mass is 9.99. The first-order valence-corrected chi connectivity index (χ1v) is 7.91. The number of ether oxygens (including phenoxy) is 2. The van der Waals surface area contributed by atoms with Gasteiger partial charge in [0.15, 0.2) is 6.61 Å². The Morgan fingerprint density at radius 1 is 1.21 bits per heavy atom. The average molecular weight is 335 g/mol. The molecular weight excluding hydrogens is 310 g/mol. The van der Waals surface area contributed by atoms with Crippen LogP contribution in [-0.2, 0) is 19.1 Å². The van der Waals surface area contributed by atoms with E-state index in [1.54, 1.807) is 13.0 Å². The first-order valence-electron chi connectivity index (χ1n) is 7.91. The van der Waals surface area contributed by atoms with E-state index in [1.807, 2.05) is 32.9 Å². The highest BCUT2D eigenvalue weighted by Gasteiger charge is 2.27. The molecule has 0 bridgehead atoms. The Morgan fingerprint density at radius 2 is 1.88 bits per heavy atom. The average Bonchev–Trinajstić information content (AvgIpc) is 2.58. The fourth-order valence-corrected chi connectivity index (χ4v) is 2.18. The topological polar surface area (TPSA) is 81.7 Å². The molecule has 0 aromatic heterocycles. The van der Waals surface area contributed by atoms with Crippen LogP contribution in [0.5, 0.6) is 0 Å². The summed E-state index contributed by atoms with van der Waals surface area (Å²) in [5.41, 5.74) is 2.13. The van der Waals surface area contributed by atoms with Crippen LogP contribution in [0.25, 0.3) is 0 Å². The van der Waals surface area contributed by atoms with Crippen LogP contribution >= 0.6 is 0 Å². The first-order chi connectivity index (χ1) is 11.3. The van der Waals surface area contributed by atoms with Crippen molar-refractivity contribution in [1.82, 2.24) is 5.32 Å². The summed E-state index contributed by atoms with van der Waals surface area (Å²) in [6.45, 7) is 6.97. The SMILES string of the molecule is CC[C@H](C)[C@@H](NC(=O)COC(=O)c1cc(C)ccc1C)C(=O)OC. The van der Waals surface area contributed by atoms with E-state index < -0.39 is 30.5 Å². The molecule has 0 saturated carbocycles. The van der Waals surface area contributed by atoms with Crippen molar-refractivity contribution in [3.8, 4) is 0 Å². The number of aryl methyl sites for hydroxylation is 2. The summed E-state index contributed by atoms with van der Waals surface area (Å²) in [5.74, 6) is -1.71. The molecule has 1 aromatic rings. The molecule has 0 heterocycles. The molecule has 1 amide bonds. The highest BCUT2D eigenvalue weighted by atomic mass is 16.5. The Bertz CT molecular complexity index is 611. The molecule has 132 valence electrons. The second-order valence-corrected chi connectivity index (χ2v) is 5.85. The maximum atomic E-state index is 12.1. The van der Waals surface area contributed by atoms with Crippen LogP contribution in [0.2, 0.25) is 0 Å². The standard InChI is InChI=1S/C18H25NO5/c1-6-12(3)16(18(22)23-5)19-15(20)10-24-17(21)14-9-11(2)7-8-13(14)4/h7-9,12,16H,6,10H2,1-5H3,(H,19,20)/t12-,16+/m0/s1. The molecule has 1 aromatic carbocycles. The number of nitrogens with one attached hydrogen (secondary N) is 1. The van der Waals surface area contributed by atoms with Crippen molar-refractivity contribution in [3.63, 3.8) is 0 Å². The molecule has 6 nitrogen and oxygen atoms in total. The zero-order valence-electron chi connectivity index (χ0n) is 14.8. The van der Waals surface area contributed by atoms with Crippen LogP contribution in [0.3, 0.4) is 0 Å². The largest absolute Gasteiger partial charge is 0.467 e. The summed E-state index contributed by atoms with van der Waals surface area (Å²) < 4.78 is 9.75. The Kier molecular flexibility index (Phi) is 7.42. The number of hydrogen-bond donors (Lipinski definition) is 1. The van der Waals surface area contributed by atoms with Gasteiger partial charge in [-0.1, -0.05) is 38.0 Å². The highest BCUT2D eigenvalue weighted by molar-refractivity contribution is 5.93. The van der Waals surface area contributed by atoms with Crippen LogP contribution < -0.4 is 5.32 Å². The molecule has 0 unspecified atom stereocenters. The van der Waals surface area contributed by atoms with Gasteiger partial charge in [0, 0.05) is 0 Å². The molecule has 0 spiro atoms. The summed E-state index contributed by atoms with van der Waals surface area (Å²) >= 11 is 0. The van der Waals surface area contributed by atoms with Gasteiger partial charge >= 0.3 is 11.9 Å². The lowest BCUT2D eigenvalue weighted by Crippen LogP contribution is -2.47. The number of amides is 1. The Labute approximate surface area is 142 Å². The van der Waals surface area contributed by atoms with Crippen LogP contribution in [0.15, 0.2) is 18.2 Å². The molecule has 0 radical (unpaired) electrons. The van der Waals surface area contributed by atoms with Gasteiger partial charge in [0.25, 0.3) is 5.91 Å². The monoisotopic (exact) mass is 335 g/mol. The first kappa shape index (κ1) is 19.7. The van der Waals surface area contributed by atoms with E-state index in [0.717, 1.165) is 11.1 Å². The van der Waals surface area contributed by atoms with E-state index >= 15 is 0 Å². The molecule has 6 heteroatoms. The van der Waals surface area contributed by atoms with Crippen molar-refractivity contribution in [2.75, 3.05) is 13.7 Å². The minimum atomic E-state index is -0.757. The van der Waals surface area contributed by atoms with Crippen molar-refractivity contribution in [3.05, 3.63) is 34.9 Å². The molecule has 2 atom stereocenters. The third-order valence-corrected chi connectivity index (χ3v) is 3.93. The van der Waals surface area contributed by atoms with Crippen LogP contribution in [0.1, 0.15) is 41.8 Å². The highest BCUT2D eigenvalue weighted by Crippen LogP contribution is 2.12. The predicted molar refractivity (Wildman–Crippen MR) is 89.6 cm³/mol. The van der Waals surface area contributed by atoms with Crippen LogP contribution in [-0.4, -0.2) is 37.6 Å². The normalized spacial score (nSPS) is 12.9. The molecule has 24 heavy (non-hydrogen) atoms. The van der Waals surface area contributed by atoms with E-state index in [0.29, 0.717) is 12.0 Å². The van der Waals surface area contributed by atoms with Gasteiger partial charge in [-0.2, -0.15) is 0 Å². The smallest absolute Gasteiger partial charge is 0.338 e. The number of hydrogen-bond acceptors (Lipinski definition) is 5. The Balaban J connectivity index is 2.66. The minimum absolute atomic E-state index is 0.0869. The molecule has 0 fully saturated rings. The van der Waals surface area contributed by atoms with Crippen molar-refractivity contribution in [1.29, 1.82) is 0 Å². The molecule has 0 saturated heterocycles. The quantitative estimate of drug-likeness (QED) is 0.772. The summed E-state index contributed by atoms with van der Waals surface area (Å²) in [7, 11) is 1.27. The number of benzene rings is 1. The van der Waals surface area contributed by atoms with Gasteiger partial charge in [0.1, 0.15) is 6.04 Å². The molecule has 1 rings (SSSR count). The van der Waals surface area contributed by atoms with Gasteiger partial charge in [-0.25, -0.2) is 9.59 Å². The minimum Gasteiger partial charge on any atom is -0.467 e. The van der Waals surface area contributed by atoms with E-state index in [-0.39, 0.29) is 5.92 Å². The molecule has 0 aliphatic carbocycles. The Hall–Kier alpha value is -2.37. The van der Waals surface area contributed by atoms with Crippen LogP contribution in [0.4, 0.5) is 0 Å². The maximum Gasteiger partial charge on any atom is 0.338 e. The van der Waals surface area contributed by atoms with Gasteiger partial charge in [0.2, 0.25) is 0 Å². The Morgan fingerprint density at radius 3 is 2.46 bits per heavy atom. The zero-order valence-corrected chi connectivity index (χ0v) is 14.8. The number of carbonyl (C=O) groups excluding carboxylic acids is 3. The van der Waals surface area contributed by atoms with E-state index in [2.05, 4.69) is 5.32 Å². The van der Waals surface area contributed by atoms with Gasteiger partial charge < -0.3 is 14.8 Å². The lowest BCUT2D eigenvalue weighted by Gasteiger charge is -2.21. The molecule has 0 aliphatic heterocycles. The van der Waals surface area contributed by atoms with Gasteiger partial charge in [-0.15, -0.1) is 0 Å². The maximum absolute atomic E-state index is 12.1. The van der Waals surface area contributed by atoms with E-state index in [9.17, 15) is 14.4 Å². The van der Waals surface area contributed by atoms with Crippen molar-refractivity contribution >= 4 is 17.8 Å². The summed E-state index contributed by atoms with van der Waals surface area (Å²) in [6.07, 6.45) is 0.697. The second-order valence-electron chi connectivity index (χ2n) is 5.85. The van der Waals surface area contributed by atoms with Crippen LogP contribution in [0, 0.1) is 19.8 Å². The number of carbonyl (C=O) groups is 3. The number of esters is 2. The third-order valence-electron chi connectivity index (χ3n) is 3.93. The summed E-state index contributed by atoms with van der Waals surface area (Å²) in [5, 5.41) is 2.56. The van der Waals surface area contributed by atoms with Crippen molar-refractivity contribution in [2.24, 2.45) is 5.92 Å². The molecule has 0 aliphatic rings. The molecule has 1 N–H and O–H groups in total. The van der Waals surface area contributed by atoms with Gasteiger partial charge in [0.05, 0.1) is 12.7 Å². The summed E-state index contributed by atoms with van der Waals surface area (Å²) in [4.78, 5) is 35.8. The van der Waals surface area contributed by atoms with Crippen molar-refractivity contribution in [2.45, 2.75) is 40.2 Å². The fraction of sp³-hybridized carbons (Fsp3) is 0.500. The lowest BCUT2D eigenvalue weighted by molar-refractivity contribution is -0.147. The van der Waals surface area contributed by atoms with E-state index in [4.69, 9.17) is 9.47 Å². The van der Waals surface area contributed by atoms with E-state index in [1.165, 1.54) is 7.11 Å². The second kappa shape index (κ2) is 9.05. The molecular formula is C18H25NO5. The summed E-state index contributed by atoms with van der Waals surface area (Å²) in [6, 6.07) is 4.67. The number of methoxy groups -OCH3 is 1.